The Hall–Kier alpha value is -0.330. The second-order valence-corrected chi connectivity index (χ2v) is 6.46. The second kappa shape index (κ2) is 6.02. The molecule has 1 rings (SSSR count). The lowest BCUT2D eigenvalue weighted by molar-refractivity contribution is -0.149. The molecular weight excluding hydrogens is 266 g/mol. The lowest BCUT2D eigenvalue weighted by Crippen LogP contribution is -2.56. The van der Waals surface area contributed by atoms with Crippen LogP contribution in [0.15, 0.2) is 0 Å². The van der Waals surface area contributed by atoms with Crippen LogP contribution in [0.1, 0.15) is 32.1 Å². The molecule has 0 bridgehead atoms. The van der Waals surface area contributed by atoms with Crippen LogP contribution in [0.5, 0.6) is 0 Å². The van der Waals surface area contributed by atoms with E-state index < -0.39 is 21.5 Å². The molecule has 17 heavy (non-hydrogen) atoms. The van der Waals surface area contributed by atoms with Gasteiger partial charge in [0.1, 0.15) is 5.54 Å². The normalized spacial score (nSPS) is 19.9. The number of halogens is 1. The summed E-state index contributed by atoms with van der Waals surface area (Å²) in [5.74, 6) is -0.685. The molecule has 0 radical (unpaired) electrons. The number of alkyl halides is 1. The van der Waals surface area contributed by atoms with E-state index in [1.807, 2.05) is 0 Å². The lowest BCUT2D eigenvalue weighted by Gasteiger charge is -2.34. The average Bonchev–Trinajstić information content (AvgIpc) is 2.28. The number of carbonyl (C=O) groups excluding carboxylic acids is 1. The van der Waals surface area contributed by atoms with Crippen molar-refractivity contribution < 1.29 is 17.9 Å². The molecule has 0 saturated heterocycles. The first-order valence-corrected chi connectivity index (χ1v) is 7.80. The molecular formula is C10H18ClNO4S. The van der Waals surface area contributed by atoms with Gasteiger partial charge in [-0.05, 0) is 12.8 Å². The Bertz CT molecular complexity index is 363. The van der Waals surface area contributed by atoms with Crippen LogP contribution in [-0.2, 0) is 19.6 Å². The number of ether oxygens (including phenoxy) is 1. The number of hydrogen-bond donors (Lipinski definition) is 1. The maximum atomic E-state index is 11.8. The first-order valence-electron chi connectivity index (χ1n) is 5.62. The highest BCUT2D eigenvalue weighted by Crippen LogP contribution is 2.30. The van der Waals surface area contributed by atoms with Crippen molar-refractivity contribution in [3.8, 4) is 0 Å². The van der Waals surface area contributed by atoms with Crippen molar-refractivity contribution in [2.24, 2.45) is 0 Å². The van der Waals surface area contributed by atoms with Gasteiger partial charge in [0.2, 0.25) is 10.0 Å². The molecule has 1 N–H and O–H groups in total. The molecule has 0 amide bonds. The minimum Gasteiger partial charge on any atom is -0.468 e. The molecule has 0 spiro atoms. The van der Waals surface area contributed by atoms with Crippen LogP contribution in [-0.4, -0.2) is 38.7 Å². The highest BCUT2D eigenvalue weighted by atomic mass is 35.5. The average molecular weight is 284 g/mol. The van der Waals surface area contributed by atoms with Crippen molar-refractivity contribution in [3.63, 3.8) is 0 Å². The molecule has 0 aromatic heterocycles. The summed E-state index contributed by atoms with van der Waals surface area (Å²) in [7, 11) is -2.26. The number of carbonyl (C=O) groups is 1. The van der Waals surface area contributed by atoms with E-state index in [0.29, 0.717) is 12.8 Å². The summed E-state index contributed by atoms with van der Waals surface area (Å²) in [4.78, 5) is 11.8. The van der Waals surface area contributed by atoms with Gasteiger partial charge in [-0.25, -0.2) is 8.42 Å². The van der Waals surface area contributed by atoms with Crippen LogP contribution in [0.25, 0.3) is 0 Å². The van der Waals surface area contributed by atoms with Crippen LogP contribution < -0.4 is 4.72 Å². The summed E-state index contributed by atoms with van der Waals surface area (Å²) in [6.07, 6.45) is 3.62. The molecule has 0 atom stereocenters. The van der Waals surface area contributed by atoms with Crippen molar-refractivity contribution >= 4 is 27.6 Å². The minimum absolute atomic E-state index is 0.00653. The predicted octanol–water partition coefficient (Wildman–Crippen LogP) is 1.02. The predicted molar refractivity (Wildman–Crippen MR) is 65.5 cm³/mol. The van der Waals surface area contributed by atoms with Gasteiger partial charge in [-0.3, -0.25) is 4.79 Å². The molecule has 1 aliphatic rings. The van der Waals surface area contributed by atoms with Gasteiger partial charge in [0.15, 0.2) is 0 Å². The Morgan fingerprint density at radius 2 is 1.94 bits per heavy atom. The summed E-state index contributed by atoms with van der Waals surface area (Å²) >= 11 is 5.43. The van der Waals surface area contributed by atoms with Crippen LogP contribution in [0.3, 0.4) is 0 Å². The Morgan fingerprint density at radius 3 is 2.41 bits per heavy atom. The van der Waals surface area contributed by atoms with Gasteiger partial charge >= 0.3 is 5.97 Å². The standard InChI is InChI=1S/C10H18ClNO4S/c1-16-9(13)10(5-3-2-4-6-10)12-17(14,15)8-7-11/h12H,2-8H2,1H3. The number of nitrogens with one attached hydrogen (secondary N) is 1. The molecule has 1 saturated carbocycles. The highest BCUT2D eigenvalue weighted by molar-refractivity contribution is 7.89. The third kappa shape index (κ3) is 3.82. The molecule has 0 heterocycles. The monoisotopic (exact) mass is 283 g/mol. The first-order chi connectivity index (χ1) is 7.96. The largest absolute Gasteiger partial charge is 0.468 e. The van der Waals surface area contributed by atoms with E-state index >= 15 is 0 Å². The zero-order valence-electron chi connectivity index (χ0n) is 9.87. The summed E-state index contributed by atoms with van der Waals surface area (Å²) in [6.45, 7) is 0. The SMILES string of the molecule is COC(=O)C1(NS(=O)(=O)CCCl)CCCCC1. The highest BCUT2D eigenvalue weighted by Gasteiger charge is 2.43. The second-order valence-electron chi connectivity index (χ2n) is 4.24. The number of esters is 1. The van der Waals surface area contributed by atoms with Gasteiger partial charge in [-0.15, -0.1) is 11.6 Å². The topological polar surface area (TPSA) is 72.5 Å². The summed E-state index contributed by atoms with van der Waals surface area (Å²) < 4.78 is 30.6. The van der Waals surface area contributed by atoms with Crippen molar-refractivity contribution in [2.75, 3.05) is 18.7 Å². The quantitative estimate of drug-likeness (QED) is 0.604. The van der Waals surface area contributed by atoms with E-state index in [4.69, 9.17) is 16.3 Å². The van der Waals surface area contributed by atoms with E-state index in [0.717, 1.165) is 19.3 Å². The van der Waals surface area contributed by atoms with E-state index in [2.05, 4.69) is 4.72 Å². The number of sulfonamides is 1. The van der Waals surface area contributed by atoms with Gasteiger partial charge in [-0.2, -0.15) is 4.72 Å². The molecule has 1 fully saturated rings. The Morgan fingerprint density at radius 1 is 1.35 bits per heavy atom. The molecule has 100 valence electrons. The van der Waals surface area contributed by atoms with Gasteiger partial charge in [0, 0.05) is 5.88 Å². The van der Waals surface area contributed by atoms with Crippen LogP contribution in [0.4, 0.5) is 0 Å². The first kappa shape index (κ1) is 14.7. The number of methoxy groups -OCH3 is 1. The molecule has 0 aromatic rings. The lowest BCUT2D eigenvalue weighted by atomic mass is 9.83. The van der Waals surface area contributed by atoms with Gasteiger partial charge in [-0.1, -0.05) is 19.3 Å². The molecule has 0 aliphatic heterocycles. The summed E-state index contributed by atoms with van der Waals surface area (Å²) in [6, 6.07) is 0. The molecule has 5 nitrogen and oxygen atoms in total. The minimum atomic E-state index is -3.53. The maximum absolute atomic E-state index is 11.8. The van der Waals surface area contributed by atoms with E-state index in [1.165, 1.54) is 7.11 Å². The van der Waals surface area contributed by atoms with Crippen LogP contribution >= 0.6 is 11.6 Å². The number of hydrogen-bond acceptors (Lipinski definition) is 4. The molecule has 1 aliphatic carbocycles. The van der Waals surface area contributed by atoms with Gasteiger partial charge in [0.05, 0.1) is 12.9 Å². The van der Waals surface area contributed by atoms with Gasteiger partial charge in [0.25, 0.3) is 0 Å². The summed E-state index contributed by atoms with van der Waals surface area (Å²) in [5, 5.41) is 0. The fourth-order valence-electron chi connectivity index (χ4n) is 2.15. The Labute approximate surface area is 107 Å². The number of rotatable bonds is 5. The zero-order valence-corrected chi connectivity index (χ0v) is 11.4. The fraction of sp³-hybridized carbons (Fsp3) is 0.900. The van der Waals surface area contributed by atoms with Crippen molar-refractivity contribution in [1.82, 2.24) is 4.72 Å². The maximum Gasteiger partial charge on any atom is 0.327 e. The van der Waals surface area contributed by atoms with E-state index in [9.17, 15) is 13.2 Å². The Balaban J connectivity index is 2.87. The van der Waals surface area contributed by atoms with Crippen molar-refractivity contribution in [2.45, 2.75) is 37.6 Å². The third-order valence-corrected chi connectivity index (χ3v) is 4.84. The van der Waals surface area contributed by atoms with Crippen LogP contribution in [0.2, 0.25) is 0 Å². The molecule has 0 unspecified atom stereocenters. The summed E-state index contributed by atoms with van der Waals surface area (Å²) in [5.41, 5.74) is -1.09. The zero-order chi connectivity index (χ0) is 12.9. The molecule has 7 heteroatoms. The van der Waals surface area contributed by atoms with Crippen molar-refractivity contribution in [3.05, 3.63) is 0 Å². The van der Waals surface area contributed by atoms with Crippen molar-refractivity contribution in [1.29, 1.82) is 0 Å². The van der Waals surface area contributed by atoms with E-state index in [1.54, 1.807) is 0 Å². The third-order valence-electron chi connectivity index (χ3n) is 2.98. The van der Waals surface area contributed by atoms with E-state index in [-0.39, 0.29) is 11.6 Å². The molecule has 0 aromatic carbocycles. The fourth-order valence-corrected chi connectivity index (χ4v) is 3.95. The van der Waals surface area contributed by atoms with Gasteiger partial charge < -0.3 is 4.74 Å². The van der Waals surface area contributed by atoms with Crippen LogP contribution in [0, 0.1) is 0 Å². The smallest absolute Gasteiger partial charge is 0.327 e. The Kier molecular flexibility index (Phi) is 5.22.